The van der Waals surface area contributed by atoms with E-state index in [0.29, 0.717) is 6.04 Å². The molecule has 1 aromatic carbocycles. The van der Waals surface area contributed by atoms with E-state index in [1.165, 1.54) is 16.7 Å². The number of likely N-dealkylation sites (N-methyl/N-ethyl adjacent to an activating group) is 1. The Morgan fingerprint density at radius 3 is 2.68 bits per heavy atom. The topological polar surface area (TPSA) is 29.9 Å². The van der Waals surface area contributed by atoms with Crippen LogP contribution in [-0.4, -0.2) is 16.1 Å². The molecule has 0 fully saturated rings. The van der Waals surface area contributed by atoms with Crippen LogP contribution in [-0.2, 0) is 13.5 Å². The maximum absolute atomic E-state index is 4.43. The van der Waals surface area contributed by atoms with Crippen LogP contribution in [0.4, 0.5) is 0 Å². The number of hydrogen-bond acceptors (Lipinski definition) is 2. The highest BCUT2D eigenvalue weighted by Gasteiger charge is 2.15. The summed E-state index contributed by atoms with van der Waals surface area (Å²) >= 11 is 0. The quantitative estimate of drug-likeness (QED) is 0.892. The van der Waals surface area contributed by atoms with Crippen molar-refractivity contribution >= 4 is 0 Å². The fourth-order valence-electron chi connectivity index (χ4n) is 2.53. The molecule has 0 amide bonds. The molecule has 0 aliphatic heterocycles. The Hall–Kier alpha value is -1.61. The first kappa shape index (κ1) is 13.8. The molecule has 3 nitrogen and oxygen atoms in total. The van der Waals surface area contributed by atoms with E-state index in [4.69, 9.17) is 0 Å². The fraction of sp³-hybridized carbons (Fsp3) is 0.438. The van der Waals surface area contributed by atoms with Gasteiger partial charge in [-0.3, -0.25) is 0 Å². The molecule has 0 saturated heterocycles. The predicted molar refractivity (Wildman–Crippen MR) is 79.2 cm³/mol. The minimum Gasteiger partial charge on any atom is -0.338 e. The molecular formula is C16H23N3. The third-order valence-corrected chi connectivity index (χ3v) is 3.56. The number of nitrogens with zero attached hydrogens (tertiary/aromatic N) is 2. The lowest BCUT2D eigenvalue weighted by atomic mass is 9.96. The Balaban J connectivity index is 2.27. The van der Waals surface area contributed by atoms with E-state index in [0.717, 1.165) is 18.8 Å². The molecule has 2 rings (SSSR count). The van der Waals surface area contributed by atoms with Crippen molar-refractivity contribution in [2.75, 3.05) is 6.54 Å². The molecule has 1 atom stereocenters. The molecule has 0 aliphatic carbocycles. The second kappa shape index (κ2) is 6.02. The summed E-state index contributed by atoms with van der Waals surface area (Å²) in [5.74, 6) is 1.12. The van der Waals surface area contributed by atoms with Crippen molar-refractivity contribution in [2.45, 2.75) is 33.2 Å². The van der Waals surface area contributed by atoms with E-state index in [2.05, 4.69) is 53.8 Å². The van der Waals surface area contributed by atoms with Gasteiger partial charge in [-0.15, -0.1) is 0 Å². The molecule has 0 aliphatic rings. The smallest absolute Gasteiger partial charge is 0.110 e. The third-order valence-electron chi connectivity index (χ3n) is 3.56. The molecule has 0 saturated carbocycles. The predicted octanol–water partition coefficient (Wildman–Crippen LogP) is 2.93. The van der Waals surface area contributed by atoms with Crippen LogP contribution >= 0.6 is 0 Å². The molecule has 1 aromatic heterocycles. The number of benzene rings is 1. The summed E-state index contributed by atoms with van der Waals surface area (Å²) < 4.78 is 2.09. The van der Waals surface area contributed by atoms with E-state index in [9.17, 15) is 0 Å². The van der Waals surface area contributed by atoms with E-state index in [1.54, 1.807) is 0 Å². The van der Waals surface area contributed by atoms with Gasteiger partial charge in [0.2, 0.25) is 0 Å². The Labute approximate surface area is 115 Å². The zero-order valence-electron chi connectivity index (χ0n) is 12.3. The van der Waals surface area contributed by atoms with E-state index in [1.807, 2.05) is 19.4 Å². The van der Waals surface area contributed by atoms with Gasteiger partial charge in [-0.25, -0.2) is 4.98 Å². The molecular weight excluding hydrogens is 234 g/mol. The minimum atomic E-state index is 0.326. The van der Waals surface area contributed by atoms with Crippen molar-refractivity contribution in [1.82, 2.24) is 14.9 Å². The summed E-state index contributed by atoms with van der Waals surface area (Å²) in [6.07, 6.45) is 4.78. The van der Waals surface area contributed by atoms with Gasteiger partial charge in [-0.05, 0) is 31.5 Å². The van der Waals surface area contributed by atoms with Gasteiger partial charge in [0.05, 0.1) is 0 Å². The Morgan fingerprint density at radius 1 is 1.32 bits per heavy atom. The van der Waals surface area contributed by atoms with E-state index < -0.39 is 0 Å². The molecule has 2 aromatic rings. The van der Waals surface area contributed by atoms with Crippen LogP contribution in [0, 0.1) is 13.8 Å². The Kier molecular flexibility index (Phi) is 4.38. The molecule has 102 valence electrons. The van der Waals surface area contributed by atoms with E-state index >= 15 is 0 Å². The normalized spacial score (nSPS) is 12.6. The standard InChI is InChI=1S/C16H23N3/c1-5-17-15(11-16-18-8-9-19(16)4)14-7-6-12(2)10-13(14)3/h6-10,15,17H,5,11H2,1-4H3. The van der Waals surface area contributed by atoms with Crippen LogP contribution in [0.5, 0.6) is 0 Å². The Bertz CT molecular complexity index is 543. The van der Waals surface area contributed by atoms with Crippen LogP contribution in [0.2, 0.25) is 0 Å². The van der Waals surface area contributed by atoms with Crippen molar-refractivity contribution in [3.63, 3.8) is 0 Å². The third kappa shape index (κ3) is 3.24. The summed E-state index contributed by atoms with van der Waals surface area (Å²) in [4.78, 5) is 4.43. The van der Waals surface area contributed by atoms with E-state index in [-0.39, 0.29) is 0 Å². The first-order valence-electron chi connectivity index (χ1n) is 6.88. The first-order valence-corrected chi connectivity index (χ1v) is 6.88. The van der Waals surface area contributed by atoms with Gasteiger partial charge >= 0.3 is 0 Å². The average molecular weight is 257 g/mol. The zero-order chi connectivity index (χ0) is 13.8. The number of aromatic nitrogens is 2. The van der Waals surface area contributed by atoms with Gasteiger partial charge in [0.25, 0.3) is 0 Å². The van der Waals surface area contributed by atoms with Crippen LogP contribution in [0.15, 0.2) is 30.6 Å². The van der Waals surface area contributed by atoms with Gasteiger partial charge in [0.15, 0.2) is 0 Å². The maximum atomic E-state index is 4.43. The molecule has 0 spiro atoms. The summed E-state index contributed by atoms with van der Waals surface area (Å²) in [5, 5.41) is 3.57. The highest BCUT2D eigenvalue weighted by molar-refractivity contribution is 5.33. The van der Waals surface area contributed by atoms with Crippen molar-refractivity contribution < 1.29 is 0 Å². The van der Waals surface area contributed by atoms with Gasteiger partial charge in [-0.1, -0.05) is 30.7 Å². The molecule has 0 radical (unpaired) electrons. The van der Waals surface area contributed by atoms with Crippen LogP contribution in [0.3, 0.4) is 0 Å². The lowest BCUT2D eigenvalue weighted by Gasteiger charge is -2.20. The second-order valence-corrected chi connectivity index (χ2v) is 5.13. The average Bonchev–Trinajstić information content (AvgIpc) is 2.75. The van der Waals surface area contributed by atoms with Crippen LogP contribution < -0.4 is 5.32 Å². The monoisotopic (exact) mass is 257 g/mol. The summed E-state index contributed by atoms with van der Waals surface area (Å²) in [7, 11) is 2.05. The lowest BCUT2D eigenvalue weighted by molar-refractivity contribution is 0.527. The SMILES string of the molecule is CCNC(Cc1nccn1C)c1ccc(C)cc1C. The molecule has 1 heterocycles. The molecule has 1 unspecified atom stereocenters. The summed E-state index contributed by atoms with van der Waals surface area (Å²) in [5.41, 5.74) is 4.03. The number of rotatable bonds is 5. The number of nitrogens with one attached hydrogen (secondary N) is 1. The summed E-state index contributed by atoms with van der Waals surface area (Å²) in [6, 6.07) is 7.00. The highest BCUT2D eigenvalue weighted by atomic mass is 15.0. The maximum Gasteiger partial charge on any atom is 0.110 e. The van der Waals surface area contributed by atoms with Crippen molar-refractivity contribution in [3.05, 3.63) is 53.1 Å². The second-order valence-electron chi connectivity index (χ2n) is 5.13. The largest absolute Gasteiger partial charge is 0.338 e. The lowest BCUT2D eigenvalue weighted by Crippen LogP contribution is -2.24. The Morgan fingerprint density at radius 2 is 2.11 bits per heavy atom. The van der Waals surface area contributed by atoms with Gasteiger partial charge < -0.3 is 9.88 Å². The van der Waals surface area contributed by atoms with Gasteiger partial charge in [-0.2, -0.15) is 0 Å². The van der Waals surface area contributed by atoms with Crippen LogP contribution in [0.1, 0.15) is 35.5 Å². The van der Waals surface area contributed by atoms with Crippen molar-refractivity contribution in [3.8, 4) is 0 Å². The van der Waals surface area contributed by atoms with Crippen molar-refractivity contribution in [2.24, 2.45) is 7.05 Å². The van der Waals surface area contributed by atoms with Gasteiger partial charge in [0.1, 0.15) is 5.82 Å². The molecule has 1 N–H and O–H groups in total. The number of hydrogen-bond donors (Lipinski definition) is 1. The first-order chi connectivity index (χ1) is 9.11. The number of aryl methyl sites for hydroxylation is 3. The number of imidazole rings is 1. The highest BCUT2D eigenvalue weighted by Crippen LogP contribution is 2.22. The molecule has 3 heteroatoms. The zero-order valence-corrected chi connectivity index (χ0v) is 12.3. The fourth-order valence-corrected chi connectivity index (χ4v) is 2.53. The van der Waals surface area contributed by atoms with Gasteiger partial charge in [0, 0.05) is 31.9 Å². The summed E-state index contributed by atoms with van der Waals surface area (Å²) in [6.45, 7) is 7.43. The van der Waals surface area contributed by atoms with Crippen LogP contribution in [0.25, 0.3) is 0 Å². The minimum absolute atomic E-state index is 0.326. The molecule has 19 heavy (non-hydrogen) atoms. The molecule has 0 bridgehead atoms. The van der Waals surface area contributed by atoms with Crippen molar-refractivity contribution in [1.29, 1.82) is 0 Å².